The lowest BCUT2D eigenvalue weighted by molar-refractivity contribution is 0.641. The molecular formula is C33H25NO. The summed E-state index contributed by atoms with van der Waals surface area (Å²) in [6.45, 7) is 6.75. The van der Waals surface area contributed by atoms with E-state index in [1.807, 2.05) is 6.20 Å². The number of nitrogens with zero attached hydrogens (tertiary/aromatic N) is 1. The van der Waals surface area contributed by atoms with Crippen molar-refractivity contribution in [2.75, 3.05) is 0 Å². The molecular weight excluding hydrogens is 426 g/mol. The van der Waals surface area contributed by atoms with E-state index in [9.17, 15) is 0 Å². The summed E-state index contributed by atoms with van der Waals surface area (Å²) >= 11 is 0. The molecule has 0 N–H and O–H groups in total. The quantitative estimate of drug-likeness (QED) is 0.263. The summed E-state index contributed by atoms with van der Waals surface area (Å²) in [4.78, 5) is 4.99. The first-order chi connectivity index (χ1) is 17.0. The molecule has 0 atom stereocenters. The maximum atomic E-state index is 6.89. The van der Waals surface area contributed by atoms with Gasteiger partial charge in [0.05, 0.1) is 5.69 Å². The Hall–Kier alpha value is -4.17. The lowest BCUT2D eigenvalue weighted by atomic mass is 9.76. The van der Waals surface area contributed by atoms with Crippen molar-refractivity contribution in [1.82, 2.24) is 4.98 Å². The van der Waals surface area contributed by atoms with Gasteiger partial charge in [-0.3, -0.25) is 4.98 Å². The van der Waals surface area contributed by atoms with Crippen LogP contribution < -0.4 is 0 Å². The molecule has 2 aromatic heterocycles. The van der Waals surface area contributed by atoms with E-state index in [-0.39, 0.29) is 5.41 Å². The highest BCUT2D eigenvalue weighted by atomic mass is 16.3. The number of hydrogen-bond acceptors (Lipinski definition) is 2. The summed E-state index contributed by atoms with van der Waals surface area (Å²) in [6, 6.07) is 32.3. The number of rotatable bonds is 2. The zero-order valence-electron chi connectivity index (χ0n) is 20.1. The molecule has 0 aliphatic heterocycles. The van der Waals surface area contributed by atoms with E-state index in [1.54, 1.807) is 0 Å². The summed E-state index contributed by atoms with van der Waals surface area (Å²) < 4.78 is 6.89. The second-order valence-electron chi connectivity index (χ2n) is 10.1. The average Bonchev–Trinajstić information content (AvgIpc) is 3.26. The van der Waals surface area contributed by atoms with Crippen LogP contribution in [0.3, 0.4) is 0 Å². The van der Waals surface area contributed by atoms with Gasteiger partial charge in [0.2, 0.25) is 0 Å². The molecule has 7 rings (SSSR count). The van der Waals surface area contributed by atoms with Crippen LogP contribution in [0.25, 0.3) is 55.4 Å². The van der Waals surface area contributed by atoms with E-state index in [1.165, 1.54) is 22.1 Å². The van der Waals surface area contributed by atoms with Crippen LogP contribution in [0.1, 0.15) is 30.5 Å². The highest BCUT2D eigenvalue weighted by molar-refractivity contribution is 6.20. The zero-order chi connectivity index (χ0) is 23.7. The summed E-state index contributed by atoms with van der Waals surface area (Å²) in [5, 5.41) is 2.37. The molecule has 0 saturated heterocycles. The molecule has 4 aromatic carbocycles. The van der Waals surface area contributed by atoms with Crippen molar-refractivity contribution in [3.8, 4) is 33.5 Å². The summed E-state index contributed by atoms with van der Waals surface area (Å²) in [5.74, 6) is 0. The van der Waals surface area contributed by atoms with Gasteiger partial charge >= 0.3 is 0 Å². The van der Waals surface area contributed by atoms with Crippen LogP contribution in [0.5, 0.6) is 0 Å². The van der Waals surface area contributed by atoms with Crippen LogP contribution in [0.4, 0.5) is 0 Å². The second-order valence-corrected chi connectivity index (χ2v) is 10.1. The Labute approximate surface area is 204 Å². The van der Waals surface area contributed by atoms with Gasteiger partial charge in [0, 0.05) is 39.1 Å². The molecule has 0 unspecified atom stereocenters. The van der Waals surface area contributed by atoms with Gasteiger partial charge in [-0.2, -0.15) is 0 Å². The van der Waals surface area contributed by atoms with Gasteiger partial charge in [0.15, 0.2) is 0 Å². The van der Waals surface area contributed by atoms with Crippen molar-refractivity contribution in [3.63, 3.8) is 0 Å². The van der Waals surface area contributed by atoms with E-state index in [0.29, 0.717) is 0 Å². The molecule has 1 aliphatic carbocycles. The Morgan fingerprint density at radius 3 is 1.86 bits per heavy atom. The maximum Gasteiger partial charge on any atom is 0.143 e. The van der Waals surface area contributed by atoms with Crippen molar-refractivity contribution in [2.45, 2.75) is 26.2 Å². The Morgan fingerprint density at radius 1 is 0.629 bits per heavy atom. The van der Waals surface area contributed by atoms with Crippen molar-refractivity contribution in [1.29, 1.82) is 0 Å². The lowest BCUT2D eigenvalue weighted by Gasteiger charge is -2.28. The molecule has 0 bridgehead atoms. The van der Waals surface area contributed by atoms with Gasteiger partial charge in [-0.15, -0.1) is 0 Å². The molecule has 2 heteroatoms. The van der Waals surface area contributed by atoms with E-state index in [4.69, 9.17) is 9.40 Å². The van der Waals surface area contributed by atoms with Crippen molar-refractivity contribution < 1.29 is 4.42 Å². The molecule has 2 nitrogen and oxygen atoms in total. The highest BCUT2D eigenvalue weighted by Gasteiger charge is 2.36. The van der Waals surface area contributed by atoms with Gasteiger partial charge in [-0.25, -0.2) is 0 Å². The van der Waals surface area contributed by atoms with Gasteiger partial charge in [0.25, 0.3) is 0 Å². The minimum Gasteiger partial charge on any atom is -0.455 e. The first-order valence-corrected chi connectivity index (χ1v) is 12.1. The topological polar surface area (TPSA) is 26.0 Å². The monoisotopic (exact) mass is 451 g/mol. The second kappa shape index (κ2) is 7.16. The van der Waals surface area contributed by atoms with Crippen LogP contribution in [-0.4, -0.2) is 4.98 Å². The van der Waals surface area contributed by atoms with E-state index in [0.717, 1.165) is 50.1 Å². The molecule has 2 heterocycles. The highest BCUT2D eigenvalue weighted by Crippen LogP contribution is 2.52. The van der Waals surface area contributed by atoms with Crippen LogP contribution >= 0.6 is 0 Å². The lowest BCUT2D eigenvalue weighted by Crippen LogP contribution is -2.20. The molecule has 35 heavy (non-hydrogen) atoms. The fourth-order valence-corrected chi connectivity index (χ4v) is 5.79. The SMILES string of the molecule is Cc1cnc2c(c1)C(C)(C)c1ccc(-c3ccccc3)c3oc4c(-c5ccccc5)ccc-2c4c13. The number of pyridine rings is 1. The van der Waals surface area contributed by atoms with Crippen LogP contribution in [-0.2, 0) is 5.41 Å². The zero-order valence-corrected chi connectivity index (χ0v) is 20.1. The third kappa shape index (κ3) is 2.80. The van der Waals surface area contributed by atoms with Crippen LogP contribution in [0, 0.1) is 6.92 Å². The fourth-order valence-electron chi connectivity index (χ4n) is 5.79. The molecule has 0 saturated carbocycles. The molecule has 168 valence electrons. The molecule has 0 fully saturated rings. The standard InChI is InChI=1S/C33H25NO/c1-20-18-27-30(34-19-20)25-15-14-23(21-10-6-4-7-11-21)31-28(25)29-26(33(27,2)3)17-16-24(32(29)35-31)22-12-8-5-9-13-22/h4-19H,1-3H3. The number of aromatic nitrogens is 1. The van der Waals surface area contributed by atoms with Gasteiger partial charge in [0.1, 0.15) is 11.2 Å². The Morgan fingerprint density at radius 2 is 1.20 bits per heavy atom. The molecule has 0 spiro atoms. The fraction of sp³-hybridized carbons (Fsp3) is 0.121. The normalized spacial score (nSPS) is 13.8. The predicted octanol–water partition coefficient (Wildman–Crippen LogP) is 8.93. The molecule has 1 aliphatic rings. The van der Waals surface area contributed by atoms with E-state index >= 15 is 0 Å². The third-order valence-electron chi connectivity index (χ3n) is 7.57. The first kappa shape index (κ1) is 20.2. The predicted molar refractivity (Wildman–Crippen MR) is 145 cm³/mol. The summed E-state index contributed by atoms with van der Waals surface area (Å²) in [7, 11) is 0. The average molecular weight is 452 g/mol. The van der Waals surface area contributed by atoms with Crippen LogP contribution in [0.2, 0.25) is 0 Å². The van der Waals surface area contributed by atoms with Gasteiger partial charge < -0.3 is 4.42 Å². The van der Waals surface area contributed by atoms with Gasteiger partial charge in [-0.05, 0) is 40.8 Å². The van der Waals surface area contributed by atoms with Gasteiger partial charge in [-0.1, -0.05) is 98.8 Å². The summed E-state index contributed by atoms with van der Waals surface area (Å²) in [6.07, 6.45) is 1.98. The largest absolute Gasteiger partial charge is 0.455 e. The van der Waals surface area contributed by atoms with Crippen molar-refractivity contribution >= 4 is 21.9 Å². The molecule has 6 aromatic rings. The third-order valence-corrected chi connectivity index (χ3v) is 7.57. The molecule has 0 amide bonds. The number of aryl methyl sites for hydroxylation is 1. The summed E-state index contributed by atoms with van der Waals surface area (Å²) in [5.41, 5.74) is 12.1. The molecule has 0 radical (unpaired) electrons. The van der Waals surface area contributed by atoms with E-state index in [2.05, 4.69) is 112 Å². The number of fused-ring (bicyclic) bond motifs is 2. The van der Waals surface area contributed by atoms with E-state index < -0.39 is 0 Å². The number of benzene rings is 4. The number of furan rings is 1. The minimum absolute atomic E-state index is 0.232. The number of hydrogen-bond donors (Lipinski definition) is 0. The van der Waals surface area contributed by atoms with Crippen LogP contribution in [0.15, 0.2) is 102 Å². The Kier molecular flexibility index (Phi) is 4.14. The van der Waals surface area contributed by atoms with Crippen molar-refractivity contribution in [2.24, 2.45) is 0 Å². The Balaban J connectivity index is 1.71. The maximum absolute atomic E-state index is 6.89. The first-order valence-electron chi connectivity index (χ1n) is 12.1. The smallest absolute Gasteiger partial charge is 0.143 e. The van der Waals surface area contributed by atoms with Crippen molar-refractivity contribution in [3.05, 3.63) is 114 Å². The Bertz CT molecular complexity index is 1760. The minimum atomic E-state index is -0.232.